The zero-order chi connectivity index (χ0) is 21.1. The quantitative estimate of drug-likeness (QED) is 0.597. The molecule has 2 aromatic carbocycles. The van der Waals surface area contributed by atoms with Gasteiger partial charge in [0.2, 0.25) is 5.43 Å². The molecule has 5 heteroatoms. The van der Waals surface area contributed by atoms with Crippen molar-refractivity contribution in [1.82, 2.24) is 0 Å². The molecule has 0 aliphatic rings. The molecule has 2 N–H and O–H groups in total. The first-order valence-electron chi connectivity index (χ1n) is 10.1. The summed E-state index contributed by atoms with van der Waals surface area (Å²) < 4.78 is 5.92. The number of phenolic OH excluding ortho intramolecular Hbond substituents is 1. The Hall–Kier alpha value is -2.30. The molecule has 1 aromatic heterocycles. The van der Waals surface area contributed by atoms with Gasteiger partial charge in [0.1, 0.15) is 24.1 Å². The molecule has 0 bridgehead atoms. The predicted molar refractivity (Wildman–Crippen MR) is 119 cm³/mol. The van der Waals surface area contributed by atoms with Crippen LogP contribution in [0.5, 0.6) is 5.75 Å². The van der Waals surface area contributed by atoms with Gasteiger partial charge < -0.3 is 14.4 Å². The molecule has 29 heavy (non-hydrogen) atoms. The van der Waals surface area contributed by atoms with Crippen LogP contribution < -0.4 is 10.3 Å². The number of phenols is 1. The van der Waals surface area contributed by atoms with Crippen LogP contribution in [0.15, 0.2) is 51.9 Å². The maximum absolute atomic E-state index is 13.1. The monoisotopic (exact) mass is 414 g/mol. The molecule has 0 aliphatic heterocycles. The van der Waals surface area contributed by atoms with E-state index in [1.165, 1.54) is 11.2 Å². The molecule has 0 spiro atoms. The molecule has 154 valence electrons. The summed E-state index contributed by atoms with van der Waals surface area (Å²) in [5.74, 6) is 1.23. The van der Waals surface area contributed by atoms with Gasteiger partial charge in [0.25, 0.3) is 0 Å². The van der Waals surface area contributed by atoms with Crippen LogP contribution in [-0.4, -0.2) is 18.2 Å². The zero-order valence-electron chi connectivity index (χ0n) is 17.5. The number of nitrogens with one attached hydrogen (secondary N) is 1. The van der Waals surface area contributed by atoms with Gasteiger partial charge in [-0.15, -0.1) is 0 Å². The lowest BCUT2D eigenvalue weighted by molar-refractivity contribution is -0.919. The minimum atomic E-state index is -0.107. The Bertz CT molecular complexity index is 1030. The highest BCUT2D eigenvalue weighted by molar-refractivity contribution is 6.30. The van der Waals surface area contributed by atoms with E-state index < -0.39 is 0 Å². The molecular weight excluding hydrogens is 386 g/mol. The first-order chi connectivity index (χ1) is 13.8. The van der Waals surface area contributed by atoms with Gasteiger partial charge in [-0.3, -0.25) is 4.79 Å². The van der Waals surface area contributed by atoms with E-state index >= 15 is 0 Å². The van der Waals surface area contributed by atoms with Crippen molar-refractivity contribution < 1.29 is 14.4 Å². The van der Waals surface area contributed by atoms with E-state index in [2.05, 4.69) is 27.7 Å². The number of benzene rings is 2. The van der Waals surface area contributed by atoms with Gasteiger partial charge in [0.05, 0.1) is 29.6 Å². The van der Waals surface area contributed by atoms with Crippen LogP contribution in [0.2, 0.25) is 5.02 Å². The van der Waals surface area contributed by atoms with E-state index in [0.717, 1.165) is 18.7 Å². The van der Waals surface area contributed by atoms with E-state index in [9.17, 15) is 9.90 Å². The maximum atomic E-state index is 13.1. The van der Waals surface area contributed by atoms with E-state index in [1.807, 2.05) is 0 Å². The maximum Gasteiger partial charge on any atom is 0.200 e. The highest BCUT2D eigenvalue weighted by Gasteiger charge is 2.21. The first-order valence-corrected chi connectivity index (χ1v) is 10.5. The molecule has 0 fully saturated rings. The minimum absolute atomic E-state index is 0.107. The number of halogens is 1. The minimum Gasteiger partial charge on any atom is -0.507 e. The van der Waals surface area contributed by atoms with Crippen molar-refractivity contribution in [3.05, 3.63) is 63.5 Å². The van der Waals surface area contributed by atoms with Crippen LogP contribution in [-0.2, 0) is 6.54 Å². The largest absolute Gasteiger partial charge is 0.507 e. The lowest BCUT2D eigenvalue weighted by Crippen LogP contribution is -3.11. The van der Waals surface area contributed by atoms with E-state index in [1.54, 1.807) is 36.4 Å². The van der Waals surface area contributed by atoms with Crippen LogP contribution in [0.3, 0.4) is 0 Å². The fourth-order valence-corrected chi connectivity index (χ4v) is 4.01. The topological polar surface area (TPSA) is 54.9 Å². The van der Waals surface area contributed by atoms with Crippen molar-refractivity contribution in [2.45, 2.75) is 34.2 Å². The predicted octanol–water partition coefficient (Wildman–Crippen LogP) is 4.52. The van der Waals surface area contributed by atoms with Gasteiger partial charge >= 0.3 is 0 Å². The fourth-order valence-electron chi connectivity index (χ4n) is 3.88. The van der Waals surface area contributed by atoms with Crippen molar-refractivity contribution in [3.63, 3.8) is 0 Å². The average Bonchev–Trinajstić information content (AvgIpc) is 2.64. The van der Waals surface area contributed by atoms with Crippen LogP contribution in [0.4, 0.5) is 0 Å². The summed E-state index contributed by atoms with van der Waals surface area (Å²) in [6.45, 7) is 11.4. The standard InChI is InChI=1S/C24H28ClNO3/c1-15(2)11-26(12-16(3)4)13-20-22(27)10-9-19-23(28)21(14-29-24(19)20)17-5-7-18(25)8-6-17/h5-10,14-16,27H,11-13H2,1-4H3/p+1. The summed E-state index contributed by atoms with van der Waals surface area (Å²) in [6.07, 6.45) is 1.49. The van der Waals surface area contributed by atoms with Gasteiger partial charge in [-0.2, -0.15) is 0 Å². The Morgan fingerprint density at radius 1 is 1.00 bits per heavy atom. The Morgan fingerprint density at radius 2 is 1.62 bits per heavy atom. The summed E-state index contributed by atoms with van der Waals surface area (Å²) in [5, 5.41) is 11.6. The second-order valence-electron chi connectivity index (χ2n) is 8.55. The number of hydrogen-bond donors (Lipinski definition) is 2. The van der Waals surface area contributed by atoms with Crippen LogP contribution in [0.1, 0.15) is 33.3 Å². The number of rotatable bonds is 7. The average molecular weight is 415 g/mol. The highest BCUT2D eigenvalue weighted by atomic mass is 35.5. The molecule has 3 aromatic rings. The van der Waals surface area contributed by atoms with Crippen molar-refractivity contribution in [2.75, 3.05) is 13.1 Å². The van der Waals surface area contributed by atoms with Gasteiger partial charge in [0, 0.05) is 16.9 Å². The van der Waals surface area contributed by atoms with Crippen molar-refractivity contribution in [3.8, 4) is 16.9 Å². The Balaban J connectivity index is 2.06. The Labute approximate surface area is 176 Å². The van der Waals surface area contributed by atoms with Crippen LogP contribution >= 0.6 is 11.6 Å². The van der Waals surface area contributed by atoms with Gasteiger partial charge in [0.15, 0.2) is 0 Å². The van der Waals surface area contributed by atoms with Crippen molar-refractivity contribution in [1.29, 1.82) is 0 Å². The number of quaternary nitrogens is 1. The third-order valence-corrected chi connectivity index (χ3v) is 5.25. The van der Waals surface area contributed by atoms with Crippen LogP contribution in [0, 0.1) is 11.8 Å². The molecule has 0 aliphatic carbocycles. The molecule has 0 saturated carbocycles. The lowest BCUT2D eigenvalue weighted by atomic mass is 10.0. The number of hydrogen-bond acceptors (Lipinski definition) is 3. The molecule has 1 heterocycles. The number of aromatic hydroxyl groups is 1. The van der Waals surface area contributed by atoms with E-state index in [4.69, 9.17) is 16.0 Å². The summed E-state index contributed by atoms with van der Waals surface area (Å²) >= 11 is 5.96. The SMILES string of the molecule is CC(C)C[NH+](Cc1c(O)ccc2c(=O)c(-c3ccc(Cl)cc3)coc12)CC(C)C. The summed E-state index contributed by atoms with van der Waals surface area (Å²) in [7, 11) is 0. The fraction of sp³-hybridized carbons (Fsp3) is 0.375. The summed E-state index contributed by atoms with van der Waals surface area (Å²) in [5.41, 5.74) is 2.30. The molecule has 0 saturated heterocycles. The third-order valence-electron chi connectivity index (χ3n) is 5.00. The van der Waals surface area contributed by atoms with E-state index in [-0.39, 0.29) is 11.2 Å². The van der Waals surface area contributed by atoms with Crippen molar-refractivity contribution >= 4 is 22.6 Å². The zero-order valence-corrected chi connectivity index (χ0v) is 18.2. The molecule has 0 atom stereocenters. The molecule has 0 radical (unpaired) electrons. The lowest BCUT2D eigenvalue weighted by Gasteiger charge is -2.24. The number of fused-ring (bicyclic) bond motifs is 1. The Kier molecular flexibility index (Phi) is 6.66. The van der Waals surface area contributed by atoms with Gasteiger partial charge in [-0.25, -0.2) is 0 Å². The molecule has 0 amide bonds. The molecular formula is C24H29ClNO3+. The smallest absolute Gasteiger partial charge is 0.200 e. The Morgan fingerprint density at radius 3 is 2.21 bits per heavy atom. The first kappa shape index (κ1) is 21.4. The molecule has 4 nitrogen and oxygen atoms in total. The molecule has 3 rings (SSSR count). The second-order valence-corrected chi connectivity index (χ2v) is 8.98. The normalized spacial score (nSPS) is 11.9. The van der Waals surface area contributed by atoms with Crippen LogP contribution in [0.25, 0.3) is 22.1 Å². The highest BCUT2D eigenvalue weighted by Crippen LogP contribution is 2.28. The molecule has 0 unspecified atom stereocenters. The second kappa shape index (κ2) is 9.02. The van der Waals surface area contributed by atoms with Crippen molar-refractivity contribution in [2.24, 2.45) is 11.8 Å². The van der Waals surface area contributed by atoms with E-state index in [0.29, 0.717) is 45.5 Å². The summed E-state index contributed by atoms with van der Waals surface area (Å²) in [6, 6.07) is 10.4. The summed E-state index contributed by atoms with van der Waals surface area (Å²) in [4.78, 5) is 14.5. The van der Waals surface area contributed by atoms with Gasteiger partial charge in [-0.1, -0.05) is 51.4 Å². The third kappa shape index (κ3) is 5.01. The van der Waals surface area contributed by atoms with Gasteiger partial charge in [-0.05, 0) is 29.8 Å².